The van der Waals surface area contributed by atoms with E-state index in [1.807, 2.05) is 90.6 Å². The van der Waals surface area contributed by atoms with Crippen LogP contribution in [0.25, 0.3) is 5.69 Å². The van der Waals surface area contributed by atoms with Gasteiger partial charge in [-0.2, -0.15) is 5.10 Å². The van der Waals surface area contributed by atoms with Crippen molar-refractivity contribution in [3.8, 4) is 17.2 Å². The number of rotatable bonds is 9. The van der Waals surface area contributed by atoms with Gasteiger partial charge in [-0.15, -0.1) is 0 Å². The maximum Gasteiger partial charge on any atom is 0.271 e. The predicted molar refractivity (Wildman–Crippen MR) is 134 cm³/mol. The average Bonchev–Trinajstić information content (AvgIpc) is 3.40. The highest BCUT2D eigenvalue weighted by atomic mass is 35.5. The molecule has 1 heterocycles. The van der Waals surface area contributed by atoms with Crippen LogP contribution in [0.1, 0.15) is 28.4 Å². The fraction of sp³-hybridized carbons (Fsp3) is 0.111. The van der Waals surface area contributed by atoms with E-state index in [1.54, 1.807) is 18.3 Å². The van der Waals surface area contributed by atoms with Gasteiger partial charge in [-0.3, -0.25) is 4.79 Å². The molecule has 0 fully saturated rings. The van der Waals surface area contributed by atoms with Crippen molar-refractivity contribution in [2.24, 2.45) is 5.10 Å². The zero-order valence-corrected chi connectivity index (χ0v) is 19.4. The summed E-state index contributed by atoms with van der Waals surface area (Å²) in [5.41, 5.74) is 5.71. The Morgan fingerprint density at radius 2 is 1.74 bits per heavy atom. The Labute approximate surface area is 203 Å². The molecule has 6 nitrogen and oxygen atoms in total. The highest BCUT2D eigenvalue weighted by Crippen LogP contribution is 2.29. The molecule has 0 radical (unpaired) electrons. The lowest BCUT2D eigenvalue weighted by molar-refractivity contribution is 0.0955. The Hall–Kier alpha value is -4.03. The van der Waals surface area contributed by atoms with Crippen LogP contribution in [0, 0.1) is 0 Å². The number of amides is 1. The minimum Gasteiger partial charge on any atom is -0.490 e. The molecule has 0 saturated carbocycles. The summed E-state index contributed by atoms with van der Waals surface area (Å²) in [7, 11) is 0. The number of hydrogen-bond acceptors (Lipinski definition) is 4. The molecule has 0 spiro atoms. The number of aromatic nitrogens is 1. The smallest absolute Gasteiger partial charge is 0.271 e. The fourth-order valence-corrected chi connectivity index (χ4v) is 3.48. The minimum absolute atomic E-state index is 0.292. The molecule has 7 heteroatoms. The predicted octanol–water partition coefficient (Wildman–Crippen LogP) is 5.87. The summed E-state index contributed by atoms with van der Waals surface area (Å²) in [6, 6.07) is 24.2. The molecule has 34 heavy (non-hydrogen) atoms. The summed E-state index contributed by atoms with van der Waals surface area (Å²) >= 11 is 6.21. The van der Waals surface area contributed by atoms with Crippen LogP contribution in [0.4, 0.5) is 0 Å². The van der Waals surface area contributed by atoms with Gasteiger partial charge in [0, 0.05) is 34.2 Å². The number of nitrogens with zero attached hydrogens (tertiary/aromatic N) is 2. The van der Waals surface area contributed by atoms with Crippen molar-refractivity contribution in [3.05, 3.63) is 113 Å². The summed E-state index contributed by atoms with van der Waals surface area (Å²) in [6.07, 6.45) is 5.46. The van der Waals surface area contributed by atoms with Gasteiger partial charge in [0.05, 0.1) is 12.8 Å². The SMILES string of the molecule is CCOc1cc(C=NNC(=O)c2ccc(-n3cccc3)cc2)ccc1OCc1ccccc1Cl. The molecule has 0 aliphatic rings. The van der Waals surface area contributed by atoms with Crippen LogP contribution >= 0.6 is 11.6 Å². The molecule has 0 saturated heterocycles. The lowest BCUT2D eigenvalue weighted by Gasteiger charge is -2.13. The molecular formula is C27H24ClN3O3. The van der Waals surface area contributed by atoms with Crippen LogP contribution in [-0.2, 0) is 6.61 Å². The number of carbonyl (C=O) groups excluding carboxylic acids is 1. The molecule has 0 unspecified atom stereocenters. The first-order chi connectivity index (χ1) is 16.6. The van der Waals surface area contributed by atoms with Crippen molar-refractivity contribution in [3.63, 3.8) is 0 Å². The normalized spacial score (nSPS) is 10.9. The van der Waals surface area contributed by atoms with Crippen molar-refractivity contribution in [2.75, 3.05) is 6.61 Å². The Balaban J connectivity index is 1.38. The van der Waals surface area contributed by atoms with E-state index in [2.05, 4.69) is 10.5 Å². The van der Waals surface area contributed by atoms with Crippen molar-refractivity contribution in [2.45, 2.75) is 13.5 Å². The molecule has 1 amide bonds. The Kier molecular flexibility index (Phi) is 7.63. The zero-order valence-electron chi connectivity index (χ0n) is 18.6. The first-order valence-corrected chi connectivity index (χ1v) is 11.2. The maximum atomic E-state index is 12.4. The number of carbonyl (C=O) groups is 1. The second-order valence-corrected chi connectivity index (χ2v) is 7.76. The van der Waals surface area contributed by atoms with Crippen LogP contribution in [0.15, 0.2) is 96.4 Å². The second-order valence-electron chi connectivity index (χ2n) is 7.36. The first kappa shape index (κ1) is 23.1. The van der Waals surface area contributed by atoms with Crippen LogP contribution in [-0.4, -0.2) is 23.3 Å². The molecular weight excluding hydrogens is 450 g/mol. The Morgan fingerprint density at radius 3 is 2.47 bits per heavy atom. The molecule has 1 N–H and O–H groups in total. The minimum atomic E-state index is -0.292. The van der Waals surface area contributed by atoms with Crippen LogP contribution in [0.5, 0.6) is 11.5 Å². The highest BCUT2D eigenvalue weighted by molar-refractivity contribution is 6.31. The van der Waals surface area contributed by atoms with Gasteiger partial charge < -0.3 is 14.0 Å². The molecule has 0 atom stereocenters. The zero-order chi connectivity index (χ0) is 23.8. The largest absolute Gasteiger partial charge is 0.490 e. The number of benzene rings is 3. The molecule has 4 aromatic rings. The summed E-state index contributed by atoms with van der Waals surface area (Å²) in [5, 5.41) is 4.73. The van der Waals surface area contributed by atoms with E-state index >= 15 is 0 Å². The maximum absolute atomic E-state index is 12.4. The van der Waals surface area contributed by atoms with Gasteiger partial charge in [0.1, 0.15) is 6.61 Å². The van der Waals surface area contributed by atoms with Crippen molar-refractivity contribution in [1.29, 1.82) is 0 Å². The summed E-state index contributed by atoms with van der Waals surface area (Å²) < 4.78 is 13.6. The number of hydrogen-bond donors (Lipinski definition) is 1. The van der Waals surface area contributed by atoms with E-state index in [1.165, 1.54) is 0 Å². The second kappa shape index (κ2) is 11.2. The van der Waals surface area contributed by atoms with E-state index in [4.69, 9.17) is 21.1 Å². The van der Waals surface area contributed by atoms with E-state index in [0.717, 1.165) is 16.8 Å². The summed E-state index contributed by atoms with van der Waals surface area (Å²) in [5.74, 6) is 0.899. The Morgan fingerprint density at radius 1 is 0.971 bits per heavy atom. The number of hydrazone groups is 1. The number of ether oxygens (including phenoxy) is 2. The van der Waals surface area contributed by atoms with Gasteiger partial charge in [-0.1, -0.05) is 29.8 Å². The molecule has 1 aromatic heterocycles. The van der Waals surface area contributed by atoms with E-state index in [0.29, 0.717) is 35.3 Å². The molecule has 0 bridgehead atoms. The number of halogens is 1. The van der Waals surface area contributed by atoms with Gasteiger partial charge in [-0.05, 0) is 73.2 Å². The van der Waals surface area contributed by atoms with Gasteiger partial charge >= 0.3 is 0 Å². The van der Waals surface area contributed by atoms with Crippen molar-refractivity contribution < 1.29 is 14.3 Å². The third kappa shape index (κ3) is 5.85. The van der Waals surface area contributed by atoms with Gasteiger partial charge in [0.25, 0.3) is 5.91 Å². The summed E-state index contributed by atoms with van der Waals surface area (Å²) in [4.78, 5) is 12.4. The van der Waals surface area contributed by atoms with Gasteiger partial charge in [-0.25, -0.2) is 5.43 Å². The fourth-order valence-electron chi connectivity index (χ4n) is 3.29. The van der Waals surface area contributed by atoms with Gasteiger partial charge in [0.15, 0.2) is 11.5 Å². The van der Waals surface area contributed by atoms with E-state index < -0.39 is 0 Å². The lowest BCUT2D eigenvalue weighted by atomic mass is 10.2. The van der Waals surface area contributed by atoms with Crippen LogP contribution in [0.3, 0.4) is 0 Å². The third-order valence-electron chi connectivity index (χ3n) is 5.02. The van der Waals surface area contributed by atoms with Crippen molar-refractivity contribution in [1.82, 2.24) is 9.99 Å². The topological polar surface area (TPSA) is 64.8 Å². The van der Waals surface area contributed by atoms with Crippen LogP contribution < -0.4 is 14.9 Å². The molecule has 4 rings (SSSR count). The van der Waals surface area contributed by atoms with Gasteiger partial charge in [0.2, 0.25) is 0 Å². The van der Waals surface area contributed by atoms with E-state index in [-0.39, 0.29) is 5.91 Å². The van der Waals surface area contributed by atoms with Crippen LogP contribution in [0.2, 0.25) is 5.02 Å². The summed E-state index contributed by atoms with van der Waals surface area (Å²) in [6.45, 7) is 2.71. The molecule has 3 aromatic carbocycles. The van der Waals surface area contributed by atoms with E-state index in [9.17, 15) is 4.79 Å². The quantitative estimate of drug-likeness (QED) is 0.244. The number of nitrogens with one attached hydrogen (secondary N) is 1. The van der Waals surface area contributed by atoms with Crippen molar-refractivity contribution >= 4 is 23.7 Å². The first-order valence-electron chi connectivity index (χ1n) is 10.8. The standard InChI is InChI=1S/C27H24ClN3O3/c1-2-33-26-17-20(9-14-25(26)34-19-22-7-3-4-8-24(22)28)18-29-30-27(32)21-10-12-23(13-11-21)31-15-5-6-16-31/h3-18H,2,19H2,1H3,(H,30,32). The molecule has 0 aliphatic heterocycles. The molecule has 172 valence electrons. The highest BCUT2D eigenvalue weighted by Gasteiger charge is 2.09. The average molecular weight is 474 g/mol. The third-order valence-corrected chi connectivity index (χ3v) is 5.39. The molecule has 0 aliphatic carbocycles. The Bertz CT molecular complexity index is 1270. The monoisotopic (exact) mass is 473 g/mol. The lowest BCUT2D eigenvalue weighted by Crippen LogP contribution is -2.17.